The maximum atomic E-state index is 11.7. The largest absolute Gasteiger partial charge is 0.591 e. The molecule has 16 heavy (non-hydrogen) atoms. The first-order valence-electron chi connectivity index (χ1n) is 5.19. The van der Waals surface area contributed by atoms with Crippen molar-refractivity contribution in [2.24, 2.45) is 11.4 Å². The molecule has 0 radical (unpaired) electrons. The van der Waals surface area contributed by atoms with Gasteiger partial charge in [0.25, 0.3) is 0 Å². The highest BCUT2D eigenvalue weighted by molar-refractivity contribution is 7.91. The van der Waals surface area contributed by atoms with Gasteiger partial charge in [-0.05, 0) is 34.6 Å². The smallest absolute Gasteiger partial charge is 0.155 e. The van der Waals surface area contributed by atoms with Gasteiger partial charge in [0.05, 0.1) is 5.69 Å². The predicted octanol–water partition coefficient (Wildman–Crippen LogP) is 1.92. The van der Waals surface area contributed by atoms with E-state index in [0.29, 0.717) is 0 Å². The summed E-state index contributed by atoms with van der Waals surface area (Å²) in [6, 6.07) is 0. The van der Waals surface area contributed by atoms with E-state index in [4.69, 9.17) is 0 Å². The molecule has 1 unspecified atom stereocenters. The van der Waals surface area contributed by atoms with Gasteiger partial charge in [0.1, 0.15) is 22.3 Å². The van der Waals surface area contributed by atoms with Gasteiger partial charge >= 0.3 is 0 Å². The first-order valence-corrected chi connectivity index (χ1v) is 6.30. The van der Waals surface area contributed by atoms with Crippen LogP contribution in [0, 0.1) is 13.8 Å². The minimum absolute atomic E-state index is 0.328. The van der Waals surface area contributed by atoms with Crippen LogP contribution in [0.2, 0.25) is 0 Å². The van der Waals surface area contributed by atoms with Crippen LogP contribution in [0.1, 0.15) is 38.0 Å². The summed E-state index contributed by atoms with van der Waals surface area (Å²) < 4.78 is 17.4. The second-order valence-corrected chi connectivity index (χ2v) is 6.73. The Labute approximate surface area is 100 Å². The second-order valence-electron chi connectivity index (χ2n) is 4.80. The molecule has 0 amide bonds. The highest BCUT2D eigenvalue weighted by atomic mass is 32.2. The van der Waals surface area contributed by atoms with Gasteiger partial charge in [0.15, 0.2) is 5.82 Å². The molecule has 1 rings (SSSR count). The van der Waals surface area contributed by atoms with Crippen LogP contribution >= 0.6 is 0 Å². The van der Waals surface area contributed by atoms with Crippen molar-refractivity contribution in [2.75, 3.05) is 0 Å². The van der Waals surface area contributed by atoms with E-state index in [1.807, 2.05) is 46.2 Å². The first-order chi connectivity index (χ1) is 7.23. The summed E-state index contributed by atoms with van der Waals surface area (Å²) in [4.78, 5) is 4.34. The number of nitrogens with zero attached hydrogens (tertiary/aromatic N) is 3. The minimum Gasteiger partial charge on any atom is -0.591 e. The standard InChI is InChI=1S/C11H19N3OS/c1-8-9(2)14(6)10(13-8)7-12-16(15)11(3,4)5/h7H,1-6H3/b12-7+. The minimum atomic E-state index is -1.23. The highest BCUT2D eigenvalue weighted by Gasteiger charge is 2.26. The van der Waals surface area contributed by atoms with Gasteiger partial charge in [0, 0.05) is 12.7 Å². The van der Waals surface area contributed by atoms with Crippen molar-refractivity contribution in [3.8, 4) is 0 Å². The Morgan fingerprint density at radius 2 is 1.94 bits per heavy atom. The maximum absolute atomic E-state index is 11.7. The third-order valence-electron chi connectivity index (χ3n) is 2.44. The predicted molar refractivity (Wildman–Crippen MR) is 68.2 cm³/mol. The van der Waals surface area contributed by atoms with E-state index >= 15 is 0 Å². The summed E-state index contributed by atoms with van der Waals surface area (Å²) in [7, 11) is 1.93. The summed E-state index contributed by atoms with van der Waals surface area (Å²) in [6.45, 7) is 9.65. The molecule has 0 bridgehead atoms. The quantitative estimate of drug-likeness (QED) is 0.586. The van der Waals surface area contributed by atoms with Crippen molar-refractivity contribution in [2.45, 2.75) is 39.4 Å². The molecule has 0 N–H and O–H groups in total. The highest BCUT2D eigenvalue weighted by Crippen LogP contribution is 2.17. The van der Waals surface area contributed by atoms with E-state index in [1.165, 1.54) is 0 Å². The SMILES string of the molecule is Cc1nc(/C=N/[S+]([O-])C(C)(C)C)n(C)c1C. The fourth-order valence-electron chi connectivity index (χ4n) is 1.11. The van der Waals surface area contributed by atoms with E-state index in [2.05, 4.69) is 9.38 Å². The zero-order chi connectivity index (χ0) is 12.5. The maximum Gasteiger partial charge on any atom is 0.155 e. The molecular weight excluding hydrogens is 222 g/mol. The van der Waals surface area contributed by atoms with Crippen LogP contribution in [0.4, 0.5) is 0 Å². The Hall–Kier alpha value is -0.810. The monoisotopic (exact) mass is 241 g/mol. The molecule has 4 nitrogen and oxygen atoms in total. The average Bonchev–Trinajstić information content (AvgIpc) is 2.41. The van der Waals surface area contributed by atoms with Gasteiger partial charge in [-0.15, -0.1) is 0 Å². The lowest BCUT2D eigenvalue weighted by atomic mass is 10.3. The fraction of sp³-hybridized carbons (Fsp3) is 0.636. The van der Waals surface area contributed by atoms with E-state index in [9.17, 15) is 4.55 Å². The molecule has 90 valence electrons. The van der Waals surface area contributed by atoms with Crippen molar-refractivity contribution in [3.05, 3.63) is 17.2 Å². The summed E-state index contributed by atoms with van der Waals surface area (Å²) in [5.74, 6) is 0.743. The van der Waals surface area contributed by atoms with Crippen LogP contribution in [0.3, 0.4) is 0 Å². The van der Waals surface area contributed by atoms with Crippen LogP contribution in [-0.2, 0) is 18.4 Å². The number of aromatic nitrogens is 2. The molecule has 1 heterocycles. The van der Waals surface area contributed by atoms with E-state index in [-0.39, 0.29) is 4.75 Å². The molecule has 0 aromatic carbocycles. The summed E-state index contributed by atoms with van der Waals surface area (Å²) >= 11 is -1.23. The molecule has 0 aliphatic rings. The van der Waals surface area contributed by atoms with Crippen LogP contribution in [0.15, 0.2) is 4.40 Å². The Morgan fingerprint density at radius 1 is 1.38 bits per heavy atom. The molecule has 1 aromatic heterocycles. The number of rotatable bonds is 2. The van der Waals surface area contributed by atoms with Crippen LogP contribution in [0.5, 0.6) is 0 Å². The molecule has 0 spiro atoms. The zero-order valence-electron chi connectivity index (χ0n) is 10.7. The lowest BCUT2D eigenvalue weighted by molar-refractivity contribution is 0.561. The Balaban J connectivity index is 2.89. The molecule has 0 fully saturated rings. The number of hydrogen-bond donors (Lipinski definition) is 0. The van der Waals surface area contributed by atoms with Gasteiger partial charge in [-0.25, -0.2) is 4.98 Å². The second kappa shape index (κ2) is 4.59. The molecule has 1 aromatic rings. The summed E-state index contributed by atoms with van der Waals surface area (Å²) in [6.07, 6.45) is 1.58. The summed E-state index contributed by atoms with van der Waals surface area (Å²) in [5.41, 5.74) is 2.08. The average molecular weight is 241 g/mol. The Kier molecular flexibility index (Phi) is 3.80. The molecule has 0 saturated carbocycles. The van der Waals surface area contributed by atoms with Crippen molar-refractivity contribution in [1.29, 1.82) is 0 Å². The lowest BCUT2D eigenvalue weighted by Crippen LogP contribution is -2.26. The Bertz CT molecular complexity index is 404. The van der Waals surface area contributed by atoms with Gasteiger partial charge in [-0.2, -0.15) is 0 Å². The van der Waals surface area contributed by atoms with Crippen LogP contribution in [0.25, 0.3) is 0 Å². The van der Waals surface area contributed by atoms with E-state index in [1.54, 1.807) is 6.21 Å². The molecule has 5 heteroatoms. The van der Waals surface area contributed by atoms with Gasteiger partial charge in [0.2, 0.25) is 0 Å². The fourth-order valence-corrected chi connectivity index (χ4v) is 1.62. The van der Waals surface area contributed by atoms with Gasteiger partial charge in [-0.3, -0.25) is 0 Å². The lowest BCUT2D eigenvalue weighted by Gasteiger charge is -2.17. The number of imidazole rings is 1. The van der Waals surface area contributed by atoms with Gasteiger partial charge in [-0.1, -0.05) is 4.40 Å². The van der Waals surface area contributed by atoms with E-state index < -0.39 is 11.4 Å². The molecule has 0 saturated heterocycles. The van der Waals surface area contributed by atoms with Crippen molar-refractivity contribution in [1.82, 2.24) is 9.55 Å². The van der Waals surface area contributed by atoms with Crippen LogP contribution < -0.4 is 0 Å². The molecule has 0 aliphatic heterocycles. The third kappa shape index (κ3) is 2.86. The molecular formula is C11H19N3OS. The van der Waals surface area contributed by atoms with Crippen molar-refractivity contribution >= 4 is 17.6 Å². The van der Waals surface area contributed by atoms with Crippen molar-refractivity contribution in [3.63, 3.8) is 0 Å². The summed E-state index contributed by atoms with van der Waals surface area (Å²) in [5, 5.41) is 0. The normalized spacial score (nSPS) is 14.7. The topological polar surface area (TPSA) is 53.2 Å². The molecule has 1 atom stereocenters. The van der Waals surface area contributed by atoms with Crippen LogP contribution in [-0.4, -0.2) is 25.1 Å². The van der Waals surface area contributed by atoms with E-state index in [0.717, 1.165) is 17.2 Å². The third-order valence-corrected chi connectivity index (χ3v) is 3.79. The first kappa shape index (κ1) is 13.3. The Morgan fingerprint density at radius 3 is 2.31 bits per heavy atom. The number of aryl methyl sites for hydroxylation is 1. The van der Waals surface area contributed by atoms with Crippen molar-refractivity contribution < 1.29 is 4.55 Å². The van der Waals surface area contributed by atoms with Gasteiger partial charge < -0.3 is 9.12 Å². The molecule has 0 aliphatic carbocycles. The number of hydrogen-bond acceptors (Lipinski definition) is 3. The zero-order valence-corrected chi connectivity index (χ0v) is 11.6.